The van der Waals surface area contributed by atoms with E-state index in [1.807, 2.05) is 0 Å². The van der Waals surface area contributed by atoms with Gasteiger partial charge >= 0.3 is 0 Å². The molecule has 2 heterocycles. The Balaban J connectivity index is 1.75. The molecule has 0 radical (unpaired) electrons. The molecule has 0 aromatic carbocycles. The maximum absolute atomic E-state index is 11.7. The number of amides is 1. The Morgan fingerprint density at radius 2 is 2.16 bits per heavy atom. The summed E-state index contributed by atoms with van der Waals surface area (Å²) in [6, 6.07) is 2.79. The zero-order valence-corrected chi connectivity index (χ0v) is 10.1. The van der Waals surface area contributed by atoms with Gasteiger partial charge in [0.2, 0.25) is 5.56 Å². The third-order valence-corrected chi connectivity index (χ3v) is 2.33. The van der Waals surface area contributed by atoms with Crippen molar-refractivity contribution < 1.29 is 4.79 Å². The summed E-state index contributed by atoms with van der Waals surface area (Å²) in [6.45, 7) is 0.975. The standard InChI is InChI=1S/C12H13N5O2/c18-11-2-1-9(7-17-11)12(19)16-6-5-15-10-8-13-3-4-14-10/h1-4,7-8H,5-6H2,(H,14,15)(H,16,19)(H,17,18). The second-order valence-corrected chi connectivity index (χ2v) is 3.71. The predicted molar refractivity (Wildman–Crippen MR) is 69.9 cm³/mol. The molecule has 0 aliphatic carbocycles. The molecule has 7 nitrogen and oxygen atoms in total. The minimum absolute atomic E-state index is 0.235. The molecule has 7 heteroatoms. The molecule has 0 aliphatic rings. The van der Waals surface area contributed by atoms with Gasteiger partial charge in [-0.2, -0.15) is 0 Å². The first kappa shape index (κ1) is 12.7. The highest BCUT2D eigenvalue weighted by molar-refractivity contribution is 5.93. The molecule has 0 aliphatic heterocycles. The quantitative estimate of drug-likeness (QED) is 0.657. The second kappa shape index (κ2) is 6.29. The molecule has 0 saturated heterocycles. The van der Waals surface area contributed by atoms with E-state index in [1.165, 1.54) is 18.3 Å². The average molecular weight is 259 g/mol. The van der Waals surface area contributed by atoms with Crippen LogP contribution in [0.4, 0.5) is 5.82 Å². The Morgan fingerprint density at radius 1 is 1.26 bits per heavy atom. The van der Waals surface area contributed by atoms with Gasteiger partial charge in [0.1, 0.15) is 5.82 Å². The maximum Gasteiger partial charge on any atom is 0.252 e. The van der Waals surface area contributed by atoms with Crippen LogP contribution in [0.15, 0.2) is 41.7 Å². The monoisotopic (exact) mass is 259 g/mol. The molecule has 0 bridgehead atoms. The number of nitrogens with one attached hydrogen (secondary N) is 3. The number of carbonyl (C=O) groups excluding carboxylic acids is 1. The van der Waals surface area contributed by atoms with Crippen molar-refractivity contribution in [1.82, 2.24) is 20.3 Å². The van der Waals surface area contributed by atoms with Crippen LogP contribution in [0.2, 0.25) is 0 Å². The van der Waals surface area contributed by atoms with Crippen LogP contribution in [0.25, 0.3) is 0 Å². The Hall–Kier alpha value is -2.70. The second-order valence-electron chi connectivity index (χ2n) is 3.71. The topological polar surface area (TPSA) is 99.8 Å². The Kier molecular flexibility index (Phi) is 4.22. The van der Waals surface area contributed by atoms with E-state index in [2.05, 4.69) is 25.6 Å². The molecule has 0 unspecified atom stereocenters. The number of anilines is 1. The van der Waals surface area contributed by atoms with Crippen LogP contribution in [0, 0.1) is 0 Å². The van der Waals surface area contributed by atoms with Crippen LogP contribution in [0.3, 0.4) is 0 Å². The molecule has 0 saturated carbocycles. The number of rotatable bonds is 5. The summed E-state index contributed by atoms with van der Waals surface area (Å²) in [5.41, 5.74) is 0.181. The summed E-state index contributed by atoms with van der Waals surface area (Å²) in [5, 5.41) is 5.73. The lowest BCUT2D eigenvalue weighted by atomic mass is 10.3. The van der Waals surface area contributed by atoms with Crippen LogP contribution in [0.1, 0.15) is 10.4 Å². The first-order valence-electron chi connectivity index (χ1n) is 5.72. The number of aromatic nitrogens is 3. The highest BCUT2D eigenvalue weighted by atomic mass is 16.1. The highest BCUT2D eigenvalue weighted by Crippen LogP contribution is 1.95. The van der Waals surface area contributed by atoms with Gasteiger partial charge < -0.3 is 15.6 Å². The van der Waals surface area contributed by atoms with E-state index in [0.717, 1.165) is 0 Å². The lowest BCUT2D eigenvalue weighted by Crippen LogP contribution is -2.29. The Morgan fingerprint density at radius 3 is 2.84 bits per heavy atom. The van der Waals surface area contributed by atoms with E-state index >= 15 is 0 Å². The largest absolute Gasteiger partial charge is 0.367 e. The van der Waals surface area contributed by atoms with Crippen LogP contribution in [-0.2, 0) is 0 Å². The fraction of sp³-hybridized carbons (Fsp3) is 0.167. The van der Waals surface area contributed by atoms with Gasteiger partial charge in [0.25, 0.3) is 5.91 Å². The lowest BCUT2D eigenvalue weighted by Gasteiger charge is -2.06. The molecular weight excluding hydrogens is 246 g/mol. The van der Waals surface area contributed by atoms with E-state index in [9.17, 15) is 9.59 Å². The van der Waals surface area contributed by atoms with Gasteiger partial charge in [0, 0.05) is 37.7 Å². The van der Waals surface area contributed by atoms with E-state index in [0.29, 0.717) is 24.5 Å². The smallest absolute Gasteiger partial charge is 0.252 e. The Bertz CT molecular complexity index is 576. The third-order valence-electron chi connectivity index (χ3n) is 2.33. The molecule has 3 N–H and O–H groups in total. The minimum atomic E-state index is -0.239. The fourth-order valence-electron chi connectivity index (χ4n) is 1.41. The van der Waals surface area contributed by atoms with Crippen molar-refractivity contribution in [1.29, 1.82) is 0 Å². The van der Waals surface area contributed by atoms with Gasteiger partial charge in [0.05, 0.1) is 11.8 Å². The first-order valence-corrected chi connectivity index (χ1v) is 5.72. The average Bonchev–Trinajstić information content (AvgIpc) is 2.45. The number of hydrogen-bond donors (Lipinski definition) is 3. The molecular formula is C12H13N5O2. The van der Waals surface area contributed by atoms with Crippen LogP contribution >= 0.6 is 0 Å². The Labute approximate surface area is 109 Å². The molecule has 19 heavy (non-hydrogen) atoms. The summed E-state index contributed by atoms with van der Waals surface area (Å²) in [7, 11) is 0. The van der Waals surface area contributed by atoms with Gasteiger partial charge in [-0.25, -0.2) is 4.98 Å². The minimum Gasteiger partial charge on any atom is -0.367 e. The van der Waals surface area contributed by atoms with Crippen molar-refractivity contribution >= 4 is 11.7 Å². The molecule has 0 atom stereocenters. The fourth-order valence-corrected chi connectivity index (χ4v) is 1.41. The first-order chi connectivity index (χ1) is 9.25. The van der Waals surface area contributed by atoms with Crippen molar-refractivity contribution in [3.8, 4) is 0 Å². The summed E-state index contributed by atoms with van der Waals surface area (Å²) in [4.78, 5) is 32.9. The summed E-state index contributed by atoms with van der Waals surface area (Å²) < 4.78 is 0. The van der Waals surface area contributed by atoms with E-state index in [4.69, 9.17) is 0 Å². The normalized spacial score (nSPS) is 9.89. The molecule has 2 rings (SSSR count). The third kappa shape index (κ3) is 3.91. The van der Waals surface area contributed by atoms with E-state index < -0.39 is 0 Å². The van der Waals surface area contributed by atoms with Crippen molar-refractivity contribution in [2.45, 2.75) is 0 Å². The lowest BCUT2D eigenvalue weighted by molar-refractivity contribution is 0.0955. The van der Waals surface area contributed by atoms with E-state index in [1.54, 1.807) is 18.6 Å². The number of carbonyl (C=O) groups is 1. The van der Waals surface area contributed by atoms with Crippen LogP contribution in [-0.4, -0.2) is 33.9 Å². The summed E-state index contributed by atoms with van der Waals surface area (Å²) in [5.74, 6) is 0.415. The van der Waals surface area contributed by atoms with Crippen LogP contribution in [0.5, 0.6) is 0 Å². The van der Waals surface area contributed by atoms with Gasteiger partial charge in [-0.3, -0.25) is 14.6 Å². The maximum atomic E-state index is 11.7. The summed E-state index contributed by atoms with van der Waals surface area (Å²) in [6.07, 6.45) is 6.15. The van der Waals surface area contributed by atoms with Crippen LogP contribution < -0.4 is 16.2 Å². The van der Waals surface area contributed by atoms with Gasteiger partial charge in [-0.05, 0) is 6.07 Å². The van der Waals surface area contributed by atoms with Gasteiger partial charge in [0.15, 0.2) is 0 Å². The number of pyridine rings is 1. The highest BCUT2D eigenvalue weighted by Gasteiger charge is 2.03. The van der Waals surface area contributed by atoms with E-state index in [-0.39, 0.29) is 11.5 Å². The van der Waals surface area contributed by atoms with Crippen molar-refractivity contribution in [2.24, 2.45) is 0 Å². The van der Waals surface area contributed by atoms with Gasteiger partial charge in [-0.1, -0.05) is 0 Å². The molecule has 2 aromatic rings. The number of nitrogens with zero attached hydrogens (tertiary/aromatic N) is 2. The van der Waals surface area contributed by atoms with Crippen molar-refractivity contribution in [3.05, 3.63) is 52.8 Å². The predicted octanol–water partition coefficient (Wildman–Crippen LogP) is 0.00680. The number of aromatic amines is 1. The number of hydrogen-bond acceptors (Lipinski definition) is 5. The molecule has 98 valence electrons. The molecule has 1 amide bonds. The van der Waals surface area contributed by atoms with Crippen molar-refractivity contribution in [3.63, 3.8) is 0 Å². The molecule has 2 aromatic heterocycles. The SMILES string of the molecule is O=C(NCCNc1cnccn1)c1ccc(=O)[nH]c1. The molecule has 0 spiro atoms. The molecule has 0 fully saturated rings. The van der Waals surface area contributed by atoms with Gasteiger partial charge in [-0.15, -0.1) is 0 Å². The number of H-pyrrole nitrogens is 1. The zero-order chi connectivity index (χ0) is 13.5. The summed E-state index contributed by atoms with van der Waals surface area (Å²) >= 11 is 0. The van der Waals surface area contributed by atoms with Crippen molar-refractivity contribution in [2.75, 3.05) is 18.4 Å². The zero-order valence-electron chi connectivity index (χ0n) is 10.1.